The Kier molecular flexibility index (Phi) is 3.91. The molecular weight excluding hydrogens is 366 g/mol. The lowest BCUT2D eigenvalue weighted by Gasteiger charge is -2.19. The number of rotatable bonds is 2. The number of H-pyrrole nitrogens is 1. The fraction of sp³-hybridized carbons (Fsp3) is 0.304. The molecule has 0 aliphatic heterocycles. The molecule has 0 unspecified atom stereocenters. The van der Waals surface area contributed by atoms with Crippen molar-refractivity contribution in [3.8, 4) is 11.6 Å². The van der Waals surface area contributed by atoms with Gasteiger partial charge in [-0.2, -0.15) is 4.68 Å². The minimum Gasteiger partial charge on any atom is -0.442 e. The van der Waals surface area contributed by atoms with Crippen LogP contribution in [-0.2, 0) is 12.8 Å². The molecule has 0 bridgehead atoms. The second-order valence-electron chi connectivity index (χ2n) is 8.09. The molecule has 1 fully saturated rings. The average molecular weight is 389 g/mol. The third-order valence-corrected chi connectivity index (χ3v) is 6.46. The van der Waals surface area contributed by atoms with Crippen LogP contribution >= 0.6 is 0 Å². The van der Waals surface area contributed by atoms with E-state index < -0.39 is 11.4 Å². The highest BCUT2D eigenvalue weighted by molar-refractivity contribution is 5.45. The number of hydrogen-bond acceptors (Lipinski definition) is 3. The van der Waals surface area contributed by atoms with Crippen LogP contribution in [0.2, 0.25) is 0 Å². The lowest BCUT2D eigenvalue weighted by Crippen LogP contribution is -2.26. The summed E-state index contributed by atoms with van der Waals surface area (Å²) < 4.78 is 8.47. The highest BCUT2D eigenvalue weighted by atomic mass is 16.4. The number of allylic oxidation sites excluding steroid dienone is 2. The molecule has 1 N–H and O–H groups in total. The van der Waals surface area contributed by atoms with Crippen LogP contribution in [-0.4, -0.2) is 14.3 Å². The minimum absolute atomic E-state index is 0.373. The van der Waals surface area contributed by atoms with E-state index in [0.717, 1.165) is 46.3 Å². The molecule has 5 rings (SSSR count). The van der Waals surface area contributed by atoms with Gasteiger partial charge < -0.3 is 4.42 Å². The van der Waals surface area contributed by atoms with Crippen molar-refractivity contribution < 1.29 is 4.42 Å². The van der Waals surface area contributed by atoms with Gasteiger partial charge in [-0.1, -0.05) is 42.5 Å². The SMILES string of the molecule is C=C1Cc2oc(-n3[nH]c(=O)n(-c4ccccc4)c3=O)c(C)c2C[C@@H]2C(=C)CC[C@H]12. The summed E-state index contributed by atoms with van der Waals surface area (Å²) in [6, 6.07) is 8.86. The van der Waals surface area contributed by atoms with E-state index in [1.54, 1.807) is 24.3 Å². The fourth-order valence-corrected chi connectivity index (χ4v) is 4.88. The second-order valence-corrected chi connectivity index (χ2v) is 8.09. The van der Waals surface area contributed by atoms with Gasteiger partial charge in [0, 0.05) is 12.0 Å². The largest absolute Gasteiger partial charge is 0.442 e. The van der Waals surface area contributed by atoms with Crippen molar-refractivity contribution in [1.29, 1.82) is 0 Å². The number of fused-ring (bicyclic) bond motifs is 2. The van der Waals surface area contributed by atoms with Crippen LogP contribution in [0, 0.1) is 18.8 Å². The van der Waals surface area contributed by atoms with Crippen LogP contribution in [0.3, 0.4) is 0 Å². The first-order valence-electron chi connectivity index (χ1n) is 9.92. The van der Waals surface area contributed by atoms with Gasteiger partial charge in [-0.3, -0.25) is 0 Å². The molecule has 0 radical (unpaired) electrons. The van der Waals surface area contributed by atoms with Gasteiger partial charge in [0.05, 0.1) is 5.69 Å². The molecule has 1 saturated carbocycles. The summed E-state index contributed by atoms with van der Waals surface area (Å²) in [6.45, 7) is 10.5. The summed E-state index contributed by atoms with van der Waals surface area (Å²) >= 11 is 0. The highest BCUT2D eigenvalue weighted by Gasteiger charge is 2.37. The van der Waals surface area contributed by atoms with E-state index in [4.69, 9.17) is 4.42 Å². The summed E-state index contributed by atoms with van der Waals surface area (Å²) in [7, 11) is 0. The third-order valence-electron chi connectivity index (χ3n) is 6.46. The molecule has 2 heterocycles. The Morgan fingerprint density at radius 1 is 1.10 bits per heavy atom. The molecule has 6 heteroatoms. The molecule has 2 atom stereocenters. The number of aromatic nitrogens is 3. The number of nitrogens with zero attached hydrogens (tertiary/aromatic N) is 2. The molecule has 29 heavy (non-hydrogen) atoms. The maximum Gasteiger partial charge on any atom is 0.359 e. The van der Waals surface area contributed by atoms with Crippen molar-refractivity contribution in [3.05, 3.63) is 92.5 Å². The zero-order chi connectivity index (χ0) is 20.3. The van der Waals surface area contributed by atoms with Crippen molar-refractivity contribution in [2.75, 3.05) is 0 Å². The Morgan fingerprint density at radius 3 is 2.62 bits per heavy atom. The molecule has 6 nitrogen and oxygen atoms in total. The van der Waals surface area contributed by atoms with Gasteiger partial charge in [0.1, 0.15) is 5.76 Å². The Hall–Kier alpha value is -3.28. The third kappa shape index (κ3) is 2.63. The normalized spacial score (nSPS) is 21.1. The lowest BCUT2D eigenvalue weighted by molar-refractivity contribution is 0.465. The number of hydrogen-bond donors (Lipinski definition) is 1. The summed E-state index contributed by atoms with van der Waals surface area (Å²) in [5.74, 6) is 2.04. The van der Waals surface area contributed by atoms with Crippen LogP contribution < -0.4 is 11.4 Å². The summed E-state index contributed by atoms with van der Waals surface area (Å²) in [4.78, 5) is 25.5. The molecule has 2 aromatic heterocycles. The molecule has 3 aromatic rings. The van der Waals surface area contributed by atoms with Crippen LogP contribution in [0.25, 0.3) is 11.6 Å². The average Bonchev–Trinajstić information content (AvgIpc) is 3.28. The second kappa shape index (κ2) is 6.37. The van der Waals surface area contributed by atoms with Crippen molar-refractivity contribution in [2.24, 2.45) is 11.8 Å². The van der Waals surface area contributed by atoms with Gasteiger partial charge in [-0.15, -0.1) is 0 Å². The number of benzene rings is 1. The number of aromatic amines is 1. The smallest absolute Gasteiger partial charge is 0.359 e. The van der Waals surface area contributed by atoms with Crippen LogP contribution in [0.15, 0.2) is 68.6 Å². The number of nitrogens with one attached hydrogen (secondary N) is 1. The van der Waals surface area contributed by atoms with E-state index in [0.29, 0.717) is 29.8 Å². The Bertz CT molecular complexity index is 1250. The topological polar surface area (TPSA) is 72.9 Å². The van der Waals surface area contributed by atoms with Gasteiger partial charge >= 0.3 is 11.4 Å². The summed E-state index contributed by atoms with van der Waals surface area (Å²) in [6.07, 6.45) is 3.64. The van der Waals surface area contributed by atoms with E-state index in [1.807, 2.05) is 13.0 Å². The van der Waals surface area contributed by atoms with E-state index in [1.165, 1.54) is 10.3 Å². The van der Waals surface area contributed by atoms with E-state index in [-0.39, 0.29) is 0 Å². The molecule has 148 valence electrons. The molecule has 2 aliphatic carbocycles. The fourth-order valence-electron chi connectivity index (χ4n) is 4.88. The van der Waals surface area contributed by atoms with E-state index in [9.17, 15) is 9.59 Å². The molecule has 0 spiro atoms. The van der Waals surface area contributed by atoms with Crippen LogP contribution in [0.4, 0.5) is 0 Å². The zero-order valence-corrected chi connectivity index (χ0v) is 16.4. The Labute approximate surface area is 167 Å². The minimum atomic E-state index is -0.499. The standard InChI is InChI=1S/C23H23N3O3/c1-13-9-10-17-14(2)11-20-19(12-18(13)17)15(3)21(29-20)26-23(28)25(22(27)24-26)16-7-5-4-6-8-16/h4-8,17-18H,1-2,9-12H2,3H3,(H,24,27)/t17-,18-/m1/s1. The molecule has 0 saturated heterocycles. The Morgan fingerprint density at radius 2 is 1.86 bits per heavy atom. The van der Waals surface area contributed by atoms with Crippen molar-refractivity contribution in [3.63, 3.8) is 0 Å². The molecule has 2 aliphatic rings. The summed E-state index contributed by atoms with van der Waals surface area (Å²) in [5, 5.41) is 2.64. The first-order chi connectivity index (χ1) is 14.0. The van der Waals surface area contributed by atoms with E-state index >= 15 is 0 Å². The maximum atomic E-state index is 13.0. The van der Waals surface area contributed by atoms with Gasteiger partial charge in [-0.25, -0.2) is 19.3 Å². The van der Waals surface area contributed by atoms with Crippen molar-refractivity contribution in [1.82, 2.24) is 14.3 Å². The first kappa shape index (κ1) is 17.8. The van der Waals surface area contributed by atoms with E-state index in [2.05, 4.69) is 18.3 Å². The first-order valence-corrected chi connectivity index (χ1v) is 9.92. The predicted molar refractivity (Wildman–Crippen MR) is 111 cm³/mol. The summed E-state index contributed by atoms with van der Waals surface area (Å²) in [5.41, 5.74) is 3.97. The highest BCUT2D eigenvalue weighted by Crippen LogP contribution is 2.46. The van der Waals surface area contributed by atoms with Gasteiger partial charge in [-0.05, 0) is 55.7 Å². The van der Waals surface area contributed by atoms with Crippen LogP contribution in [0.5, 0.6) is 0 Å². The lowest BCUT2D eigenvalue weighted by atomic mass is 9.85. The molecule has 1 aromatic carbocycles. The van der Waals surface area contributed by atoms with Crippen LogP contribution in [0.1, 0.15) is 29.7 Å². The van der Waals surface area contributed by atoms with Crippen molar-refractivity contribution >= 4 is 0 Å². The Balaban J connectivity index is 1.63. The van der Waals surface area contributed by atoms with Gasteiger partial charge in [0.15, 0.2) is 0 Å². The quantitative estimate of drug-likeness (QED) is 0.682. The van der Waals surface area contributed by atoms with Gasteiger partial charge in [0.25, 0.3) is 0 Å². The zero-order valence-electron chi connectivity index (χ0n) is 16.4. The maximum absolute atomic E-state index is 13.0. The predicted octanol–water partition coefficient (Wildman–Crippen LogP) is 3.46. The molecule has 0 amide bonds. The monoisotopic (exact) mass is 389 g/mol. The van der Waals surface area contributed by atoms with Crippen molar-refractivity contribution in [2.45, 2.75) is 32.6 Å². The van der Waals surface area contributed by atoms with Gasteiger partial charge in [0.2, 0.25) is 5.88 Å². The number of furan rings is 1. The number of para-hydroxylation sites is 1. The molecular formula is C23H23N3O3.